The van der Waals surface area contributed by atoms with Gasteiger partial charge in [-0.1, -0.05) is 6.58 Å². The second kappa shape index (κ2) is 6.22. The van der Waals surface area contributed by atoms with Gasteiger partial charge in [-0.15, -0.1) is 0 Å². The molecule has 4 rings (SSSR count). The zero-order chi connectivity index (χ0) is 19.2. The van der Waals surface area contributed by atoms with Gasteiger partial charge in [-0.25, -0.2) is 9.50 Å². The molecule has 0 saturated heterocycles. The van der Waals surface area contributed by atoms with E-state index in [1.807, 2.05) is 25.5 Å². The van der Waals surface area contributed by atoms with Crippen molar-refractivity contribution >= 4 is 11.4 Å². The van der Waals surface area contributed by atoms with Crippen LogP contribution in [0.5, 0.6) is 5.88 Å². The maximum absolute atomic E-state index is 11.9. The third-order valence-electron chi connectivity index (χ3n) is 5.28. The monoisotopic (exact) mass is 366 g/mol. The molecule has 1 aliphatic rings. The zero-order valence-electron chi connectivity index (χ0n) is 15.7. The summed E-state index contributed by atoms with van der Waals surface area (Å²) in [6, 6.07) is 1.88. The van der Waals surface area contributed by atoms with Crippen molar-refractivity contribution in [2.75, 3.05) is 7.05 Å². The van der Waals surface area contributed by atoms with E-state index in [0.29, 0.717) is 5.88 Å². The van der Waals surface area contributed by atoms with Crippen molar-refractivity contribution in [2.24, 2.45) is 7.05 Å². The molecule has 1 fully saturated rings. The molecule has 0 bridgehead atoms. The predicted octanol–water partition coefficient (Wildman–Crippen LogP) is 2.07. The van der Waals surface area contributed by atoms with Crippen LogP contribution in [0.2, 0.25) is 0 Å². The van der Waals surface area contributed by atoms with Gasteiger partial charge in [0.25, 0.3) is 0 Å². The zero-order valence-corrected chi connectivity index (χ0v) is 15.7. The van der Waals surface area contributed by atoms with Gasteiger partial charge < -0.3 is 9.64 Å². The first-order chi connectivity index (χ1) is 12.9. The molecule has 0 aromatic carbocycles. The van der Waals surface area contributed by atoms with Crippen molar-refractivity contribution in [1.29, 1.82) is 0 Å². The van der Waals surface area contributed by atoms with Crippen LogP contribution < -0.4 is 4.74 Å². The van der Waals surface area contributed by atoms with E-state index in [1.165, 1.54) is 6.08 Å². The summed E-state index contributed by atoms with van der Waals surface area (Å²) < 4.78 is 9.68. The molecule has 27 heavy (non-hydrogen) atoms. The van der Waals surface area contributed by atoms with Gasteiger partial charge in [-0.2, -0.15) is 10.2 Å². The molecule has 0 N–H and O–H groups in total. The molecule has 0 spiro atoms. The lowest BCUT2D eigenvalue weighted by atomic mass is 9.74. The minimum absolute atomic E-state index is 0.00888. The molecule has 3 aromatic rings. The van der Waals surface area contributed by atoms with Gasteiger partial charge in [0.15, 0.2) is 0 Å². The molecule has 1 saturated carbocycles. The van der Waals surface area contributed by atoms with Crippen LogP contribution >= 0.6 is 0 Å². The van der Waals surface area contributed by atoms with Crippen LogP contribution in [-0.4, -0.2) is 53.9 Å². The molecule has 8 nitrogen and oxygen atoms in total. The lowest BCUT2D eigenvalue weighted by Crippen LogP contribution is -2.59. The Morgan fingerprint density at radius 2 is 2.19 bits per heavy atom. The lowest BCUT2D eigenvalue weighted by Gasteiger charge is -2.49. The van der Waals surface area contributed by atoms with Gasteiger partial charge in [0.1, 0.15) is 11.6 Å². The summed E-state index contributed by atoms with van der Waals surface area (Å²) in [6.07, 6.45) is 10.1. The topological polar surface area (TPSA) is 77.6 Å². The van der Waals surface area contributed by atoms with Crippen LogP contribution in [0.4, 0.5) is 0 Å². The molecular weight excluding hydrogens is 344 g/mol. The first-order valence-corrected chi connectivity index (χ1v) is 8.80. The Hall–Kier alpha value is -3.16. The largest absolute Gasteiger partial charge is 0.473 e. The Morgan fingerprint density at radius 1 is 1.41 bits per heavy atom. The van der Waals surface area contributed by atoms with E-state index in [-0.39, 0.29) is 17.6 Å². The van der Waals surface area contributed by atoms with E-state index >= 15 is 0 Å². The maximum Gasteiger partial charge on any atom is 0.246 e. The number of hydrogen-bond acceptors (Lipinski definition) is 5. The predicted molar refractivity (Wildman–Crippen MR) is 100 cm³/mol. The number of carbonyl (C=O) groups is 1. The second-order valence-electron chi connectivity index (χ2n) is 7.24. The number of hydrogen-bond donors (Lipinski definition) is 0. The Morgan fingerprint density at radius 3 is 2.85 bits per heavy atom. The van der Waals surface area contributed by atoms with Crippen molar-refractivity contribution in [3.05, 3.63) is 43.5 Å². The molecular formula is C19H22N6O2. The Balaban J connectivity index is 1.57. The summed E-state index contributed by atoms with van der Waals surface area (Å²) in [4.78, 5) is 18.3. The highest BCUT2D eigenvalue weighted by molar-refractivity contribution is 5.87. The number of fused-ring (bicyclic) bond motifs is 1. The molecule has 0 atom stereocenters. The highest BCUT2D eigenvalue weighted by Gasteiger charge is 2.46. The fraction of sp³-hybridized carbons (Fsp3) is 0.368. The van der Waals surface area contributed by atoms with Crippen LogP contribution in [0.25, 0.3) is 16.8 Å². The van der Waals surface area contributed by atoms with E-state index in [9.17, 15) is 4.79 Å². The summed E-state index contributed by atoms with van der Waals surface area (Å²) in [5.41, 5.74) is 2.23. The van der Waals surface area contributed by atoms with Crippen LogP contribution in [-0.2, 0) is 11.8 Å². The van der Waals surface area contributed by atoms with Crippen molar-refractivity contribution in [2.45, 2.75) is 31.4 Å². The lowest BCUT2D eigenvalue weighted by molar-refractivity contribution is -0.137. The van der Waals surface area contributed by atoms with Crippen LogP contribution in [0, 0.1) is 0 Å². The molecule has 0 radical (unpaired) electrons. The fourth-order valence-corrected chi connectivity index (χ4v) is 3.52. The molecule has 0 unspecified atom stereocenters. The second-order valence-corrected chi connectivity index (χ2v) is 7.24. The number of carbonyl (C=O) groups excluding carboxylic acids is 1. The fourth-order valence-electron chi connectivity index (χ4n) is 3.52. The van der Waals surface area contributed by atoms with Crippen molar-refractivity contribution < 1.29 is 9.53 Å². The summed E-state index contributed by atoms with van der Waals surface area (Å²) >= 11 is 0. The number of aryl methyl sites for hydroxylation is 1. The van der Waals surface area contributed by atoms with Crippen molar-refractivity contribution in [3.8, 4) is 17.1 Å². The molecule has 0 aliphatic heterocycles. The van der Waals surface area contributed by atoms with Crippen LogP contribution in [0.15, 0.2) is 43.5 Å². The third kappa shape index (κ3) is 2.97. The summed E-state index contributed by atoms with van der Waals surface area (Å²) in [6.45, 7) is 5.62. The minimum atomic E-state index is -0.229. The van der Waals surface area contributed by atoms with E-state index in [1.54, 1.807) is 33.5 Å². The number of nitrogens with zero attached hydrogens (tertiary/aromatic N) is 6. The highest BCUT2D eigenvalue weighted by Crippen LogP contribution is 2.40. The van der Waals surface area contributed by atoms with Crippen LogP contribution in [0.3, 0.4) is 0 Å². The normalized spacial score (nSPS) is 21.7. The van der Waals surface area contributed by atoms with Gasteiger partial charge in [-0.05, 0) is 19.1 Å². The van der Waals surface area contributed by atoms with Gasteiger partial charge in [0, 0.05) is 44.2 Å². The molecule has 1 aliphatic carbocycles. The summed E-state index contributed by atoms with van der Waals surface area (Å²) in [7, 11) is 3.67. The van der Waals surface area contributed by atoms with Gasteiger partial charge in [-0.3, -0.25) is 9.48 Å². The standard InChI is InChI=1S/C19H22N6O2/c1-5-17(26)24(4)19(2)8-14(9-19)27-18-16-6-7-20-25(16)12-15(22-18)13-10-21-23(3)11-13/h5-7,10-12,14H,1,8-9H2,2-4H3/t14-,19+. The van der Waals surface area contributed by atoms with Crippen LogP contribution in [0.1, 0.15) is 19.8 Å². The van der Waals surface area contributed by atoms with E-state index in [4.69, 9.17) is 4.74 Å². The number of amides is 1. The maximum atomic E-state index is 11.9. The number of ether oxygens (including phenoxy) is 1. The van der Waals surface area contributed by atoms with E-state index < -0.39 is 0 Å². The van der Waals surface area contributed by atoms with E-state index in [0.717, 1.165) is 29.6 Å². The smallest absolute Gasteiger partial charge is 0.246 e. The van der Waals surface area contributed by atoms with Crippen molar-refractivity contribution in [3.63, 3.8) is 0 Å². The Labute approximate surface area is 157 Å². The third-order valence-corrected chi connectivity index (χ3v) is 5.28. The molecule has 140 valence electrons. The SMILES string of the molecule is C=CC(=O)N(C)[C@]1(C)C[C@H](Oc2nc(-c3cnn(C)c3)cn3nccc23)C1. The molecule has 8 heteroatoms. The molecule has 3 aromatic heterocycles. The van der Waals surface area contributed by atoms with Gasteiger partial charge in [0.2, 0.25) is 11.8 Å². The number of likely N-dealkylation sites (N-methyl/N-ethyl adjacent to an activating group) is 1. The quantitative estimate of drug-likeness (QED) is 0.646. The van der Waals surface area contributed by atoms with E-state index in [2.05, 4.69) is 28.7 Å². The van der Waals surface area contributed by atoms with Gasteiger partial charge >= 0.3 is 0 Å². The average Bonchev–Trinajstić information content (AvgIpc) is 3.27. The average molecular weight is 366 g/mol. The number of rotatable bonds is 5. The minimum Gasteiger partial charge on any atom is -0.473 e. The van der Waals surface area contributed by atoms with Crippen molar-refractivity contribution in [1.82, 2.24) is 29.3 Å². The highest BCUT2D eigenvalue weighted by atomic mass is 16.5. The Bertz CT molecular complexity index is 1010. The number of aromatic nitrogens is 5. The molecule has 3 heterocycles. The first kappa shape index (κ1) is 17.3. The molecule has 1 amide bonds. The first-order valence-electron chi connectivity index (χ1n) is 8.80. The summed E-state index contributed by atoms with van der Waals surface area (Å²) in [5.74, 6) is 0.462. The Kier molecular flexibility index (Phi) is 3.98. The van der Waals surface area contributed by atoms with Gasteiger partial charge in [0.05, 0.1) is 24.3 Å². The summed E-state index contributed by atoms with van der Waals surface area (Å²) in [5, 5.41) is 8.52.